The van der Waals surface area contributed by atoms with Crippen LogP contribution in [0.4, 0.5) is 0 Å². The van der Waals surface area contributed by atoms with Crippen LogP contribution in [0, 0.1) is 16.7 Å². The minimum atomic E-state index is -0.566. The number of ether oxygens (including phenoxy) is 4. The molecule has 0 N–H and O–H groups in total. The Kier molecular flexibility index (Phi) is 5.08. The summed E-state index contributed by atoms with van der Waals surface area (Å²) < 4.78 is 24.8. The maximum absolute atomic E-state index is 13.1. The van der Waals surface area contributed by atoms with Crippen LogP contribution >= 0.6 is 0 Å². The lowest BCUT2D eigenvalue weighted by Crippen LogP contribution is -2.72. The van der Waals surface area contributed by atoms with Crippen molar-refractivity contribution in [2.24, 2.45) is 16.7 Å². The molecule has 35 heavy (non-hydrogen) atoms. The Morgan fingerprint density at radius 2 is 1.86 bits per heavy atom. The zero-order valence-corrected chi connectivity index (χ0v) is 21.0. The molecule has 5 aliphatic rings. The first-order valence-electron chi connectivity index (χ1n) is 13.1. The predicted octanol–water partition coefficient (Wildman–Crippen LogP) is 4.85. The van der Waals surface area contributed by atoms with Crippen molar-refractivity contribution >= 4 is 18.0 Å². The average Bonchev–Trinajstić information content (AvgIpc) is 3.53. The lowest BCUT2D eigenvalue weighted by molar-refractivity contribution is -0.317. The van der Waals surface area contributed by atoms with Gasteiger partial charge in [-0.05, 0) is 50.2 Å². The Balaban J connectivity index is 1.33. The molecule has 188 valence electrons. The Morgan fingerprint density at radius 3 is 2.54 bits per heavy atom. The summed E-state index contributed by atoms with van der Waals surface area (Å²) in [5.74, 6) is -0.233. The predicted molar refractivity (Wildman–Crippen MR) is 129 cm³/mol. The molecule has 6 heteroatoms. The molecule has 2 saturated carbocycles. The van der Waals surface area contributed by atoms with E-state index in [0.29, 0.717) is 19.4 Å². The quantitative estimate of drug-likeness (QED) is 0.350. The first kappa shape index (κ1) is 23.2. The van der Waals surface area contributed by atoms with Gasteiger partial charge in [-0.2, -0.15) is 0 Å². The maximum Gasteiger partial charge on any atom is 0.331 e. The number of carbonyl (C=O) groups excluding carboxylic acids is 2. The summed E-state index contributed by atoms with van der Waals surface area (Å²) in [4.78, 5) is 25.2. The molecule has 2 aliphatic carbocycles. The van der Waals surface area contributed by atoms with Gasteiger partial charge in [0.1, 0.15) is 23.9 Å². The van der Waals surface area contributed by atoms with Gasteiger partial charge < -0.3 is 18.9 Å². The van der Waals surface area contributed by atoms with Gasteiger partial charge in [0.15, 0.2) is 0 Å². The van der Waals surface area contributed by atoms with Crippen LogP contribution in [0.5, 0.6) is 0 Å². The standard InChI is InChI=1S/C29H36O6/c1-25-14-15-28(17-24(31)32-18-28)35-26(25,2)16-22(27(3)21(25)10-7-13-29(27)19-33-29)34-23(30)12-11-20-8-5-4-6-9-20/h4-6,8-9,11-12,21-22H,7,10,13-19H2,1-3H3/b12-11+/t21-,22+,25+,26+,27+,28+,29+/m1/s1. The molecule has 0 unspecified atom stereocenters. The largest absolute Gasteiger partial charge is 0.463 e. The smallest absolute Gasteiger partial charge is 0.331 e. The molecule has 5 fully saturated rings. The molecule has 0 amide bonds. The van der Waals surface area contributed by atoms with Gasteiger partial charge in [0.2, 0.25) is 0 Å². The third kappa shape index (κ3) is 3.36. The molecule has 3 saturated heterocycles. The van der Waals surface area contributed by atoms with Crippen molar-refractivity contribution < 1.29 is 28.5 Å². The number of rotatable bonds is 3. The lowest BCUT2D eigenvalue weighted by Gasteiger charge is -2.68. The molecule has 6 nitrogen and oxygen atoms in total. The van der Waals surface area contributed by atoms with Crippen LogP contribution in [0.3, 0.4) is 0 Å². The van der Waals surface area contributed by atoms with Crippen molar-refractivity contribution in [3.05, 3.63) is 42.0 Å². The number of fused-ring (bicyclic) bond motifs is 4. The fourth-order valence-corrected chi connectivity index (χ4v) is 8.18. The van der Waals surface area contributed by atoms with E-state index in [1.54, 1.807) is 6.08 Å². The summed E-state index contributed by atoms with van der Waals surface area (Å²) in [6.45, 7) is 7.87. The van der Waals surface area contributed by atoms with Gasteiger partial charge in [-0.3, -0.25) is 4.79 Å². The fourth-order valence-electron chi connectivity index (χ4n) is 8.18. The minimum absolute atomic E-state index is 0.110. The Hall–Kier alpha value is -2.18. The van der Waals surface area contributed by atoms with Gasteiger partial charge in [-0.15, -0.1) is 0 Å². The lowest BCUT2D eigenvalue weighted by atomic mass is 9.41. The van der Waals surface area contributed by atoms with Crippen molar-refractivity contribution in [1.82, 2.24) is 0 Å². The highest BCUT2D eigenvalue weighted by Crippen LogP contribution is 2.72. The van der Waals surface area contributed by atoms with Crippen LogP contribution in [0.2, 0.25) is 0 Å². The average molecular weight is 481 g/mol. The van der Waals surface area contributed by atoms with Gasteiger partial charge >= 0.3 is 11.9 Å². The molecule has 1 aromatic rings. The number of epoxide rings is 1. The minimum Gasteiger partial charge on any atom is -0.463 e. The molecule has 1 aromatic carbocycles. The molecular weight excluding hydrogens is 444 g/mol. The monoisotopic (exact) mass is 480 g/mol. The highest BCUT2D eigenvalue weighted by molar-refractivity contribution is 5.87. The van der Waals surface area contributed by atoms with Crippen LogP contribution in [0.25, 0.3) is 6.08 Å². The van der Waals surface area contributed by atoms with E-state index in [9.17, 15) is 9.59 Å². The van der Waals surface area contributed by atoms with E-state index >= 15 is 0 Å². The highest BCUT2D eigenvalue weighted by atomic mass is 16.6. The van der Waals surface area contributed by atoms with Gasteiger partial charge in [-0.25, -0.2) is 4.79 Å². The summed E-state index contributed by atoms with van der Waals surface area (Å²) in [5.41, 5.74) is -0.767. The Bertz CT molecular complexity index is 1060. The first-order valence-corrected chi connectivity index (χ1v) is 13.1. The number of hydrogen-bond donors (Lipinski definition) is 0. The van der Waals surface area contributed by atoms with E-state index in [-0.39, 0.29) is 40.4 Å². The summed E-state index contributed by atoms with van der Waals surface area (Å²) in [7, 11) is 0. The highest BCUT2D eigenvalue weighted by Gasteiger charge is 2.76. The van der Waals surface area contributed by atoms with E-state index in [1.807, 2.05) is 30.3 Å². The zero-order valence-electron chi connectivity index (χ0n) is 21.0. The Labute approximate surface area is 207 Å². The molecule has 3 heterocycles. The van der Waals surface area contributed by atoms with Crippen LogP contribution in [-0.2, 0) is 28.5 Å². The van der Waals surface area contributed by atoms with E-state index in [1.165, 1.54) is 6.08 Å². The SMILES string of the molecule is C[C@@]12[C@@H](OC(=O)/C=C/c3ccccc3)C[C@]3(C)O[C@]4(CC[C@@]3(C)[C@H]1CCC[C@]21CO1)COC(=O)C4. The third-order valence-corrected chi connectivity index (χ3v) is 10.5. The number of cyclic esters (lactones) is 1. The van der Waals surface area contributed by atoms with E-state index in [4.69, 9.17) is 18.9 Å². The molecule has 0 bridgehead atoms. The number of carbonyl (C=O) groups is 2. The second kappa shape index (κ2) is 7.66. The van der Waals surface area contributed by atoms with Crippen molar-refractivity contribution in [2.75, 3.05) is 13.2 Å². The number of esters is 2. The van der Waals surface area contributed by atoms with Gasteiger partial charge in [0, 0.05) is 23.3 Å². The first-order chi connectivity index (χ1) is 16.6. The topological polar surface area (TPSA) is 74.4 Å². The third-order valence-electron chi connectivity index (χ3n) is 10.5. The molecule has 6 rings (SSSR count). The van der Waals surface area contributed by atoms with Gasteiger partial charge in [0.25, 0.3) is 0 Å². The van der Waals surface area contributed by atoms with E-state index in [0.717, 1.165) is 44.3 Å². The summed E-state index contributed by atoms with van der Waals surface area (Å²) in [6, 6.07) is 9.77. The molecule has 0 aromatic heterocycles. The summed E-state index contributed by atoms with van der Waals surface area (Å²) in [6.07, 6.45) is 8.83. The van der Waals surface area contributed by atoms with Crippen molar-refractivity contribution in [2.45, 2.75) is 88.6 Å². The molecule has 3 aliphatic heterocycles. The number of hydrogen-bond acceptors (Lipinski definition) is 6. The second-order valence-corrected chi connectivity index (χ2v) is 12.2. The van der Waals surface area contributed by atoms with Crippen LogP contribution in [0.15, 0.2) is 36.4 Å². The normalized spacial score (nSPS) is 46.3. The zero-order chi connectivity index (χ0) is 24.5. The van der Waals surface area contributed by atoms with Gasteiger partial charge in [0.05, 0.1) is 18.6 Å². The summed E-state index contributed by atoms with van der Waals surface area (Å²) in [5, 5.41) is 0. The van der Waals surface area contributed by atoms with Crippen LogP contribution < -0.4 is 0 Å². The van der Waals surface area contributed by atoms with Crippen molar-refractivity contribution in [3.8, 4) is 0 Å². The number of benzene rings is 1. The summed E-state index contributed by atoms with van der Waals surface area (Å²) >= 11 is 0. The van der Waals surface area contributed by atoms with Crippen molar-refractivity contribution in [1.29, 1.82) is 0 Å². The second-order valence-electron chi connectivity index (χ2n) is 12.2. The maximum atomic E-state index is 13.1. The van der Waals surface area contributed by atoms with E-state index < -0.39 is 11.2 Å². The molecular formula is C29H36O6. The fraction of sp³-hybridized carbons (Fsp3) is 0.655. The Morgan fingerprint density at radius 1 is 1.09 bits per heavy atom. The molecule has 2 spiro atoms. The van der Waals surface area contributed by atoms with Crippen molar-refractivity contribution in [3.63, 3.8) is 0 Å². The van der Waals surface area contributed by atoms with Gasteiger partial charge in [-0.1, -0.05) is 50.6 Å². The molecule has 7 atom stereocenters. The van der Waals surface area contributed by atoms with Crippen LogP contribution in [0.1, 0.15) is 71.3 Å². The van der Waals surface area contributed by atoms with Crippen LogP contribution in [-0.4, -0.2) is 48.1 Å². The van der Waals surface area contributed by atoms with E-state index in [2.05, 4.69) is 20.8 Å². The molecule has 0 radical (unpaired) electrons.